The van der Waals surface area contributed by atoms with E-state index in [1.54, 1.807) is 31.4 Å². The fraction of sp³-hybridized carbons (Fsp3) is 0.150. The predicted octanol–water partition coefficient (Wildman–Crippen LogP) is 3.83. The minimum absolute atomic E-state index is 0.151. The lowest BCUT2D eigenvalue weighted by Gasteiger charge is -2.06. The summed E-state index contributed by atoms with van der Waals surface area (Å²) in [6, 6.07) is 17.0. The van der Waals surface area contributed by atoms with Gasteiger partial charge < -0.3 is 10.1 Å². The second kappa shape index (κ2) is 7.94. The SMILES string of the molecule is COc1cccc(CNC(=O)c2ccc(S(=O)(=O)c3ccc(C)cc3)s2)c1. The summed E-state index contributed by atoms with van der Waals surface area (Å²) in [5.74, 6) is 0.400. The molecule has 0 radical (unpaired) electrons. The van der Waals surface area contributed by atoms with Crippen LogP contribution >= 0.6 is 11.3 Å². The molecule has 1 N–H and O–H groups in total. The number of sulfone groups is 1. The summed E-state index contributed by atoms with van der Waals surface area (Å²) in [6.07, 6.45) is 0. The molecule has 1 aromatic heterocycles. The molecule has 0 atom stereocenters. The standard InChI is InChI=1S/C20H19NO4S2/c1-14-6-8-17(9-7-14)27(23,24)19-11-10-18(26-19)20(22)21-13-15-4-3-5-16(12-15)25-2/h3-12H,13H2,1-2H3,(H,21,22). The zero-order chi connectivity index (χ0) is 19.4. The van der Waals surface area contributed by atoms with E-state index in [0.29, 0.717) is 17.2 Å². The van der Waals surface area contributed by atoms with E-state index in [0.717, 1.165) is 22.5 Å². The zero-order valence-corrected chi connectivity index (χ0v) is 16.6. The Balaban J connectivity index is 1.72. The van der Waals surface area contributed by atoms with Crippen molar-refractivity contribution >= 4 is 27.1 Å². The number of ether oxygens (including phenoxy) is 1. The monoisotopic (exact) mass is 401 g/mol. The Morgan fingerprint density at radius 2 is 1.81 bits per heavy atom. The number of methoxy groups -OCH3 is 1. The van der Waals surface area contributed by atoms with Crippen LogP contribution in [0.15, 0.2) is 69.8 Å². The van der Waals surface area contributed by atoms with Gasteiger partial charge in [-0.25, -0.2) is 8.42 Å². The van der Waals surface area contributed by atoms with E-state index in [1.165, 1.54) is 12.1 Å². The molecule has 7 heteroatoms. The zero-order valence-electron chi connectivity index (χ0n) is 14.9. The van der Waals surface area contributed by atoms with Crippen LogP contribution in [0.2, 0.25) is 0 Å². The molecule has 27 heavy (non-hydrogen) atoms. The van der Waals surface area contributed by atoms with E-state index >= 15 is 0 Å². The number of carbonyl (C=O) groups excluding carboxylic acids is 1. The molecule has 140 valence electrons. The lowest BCUT2D eigenvalue weighted by atomic mass is 10.2. The van der Waals surface area contributed by atoms with Crippen molar-refractivity contribution in [1.29, 1.82) is 0 Å². The van der Waals surface area contributed by atoms with E-state index in [9.17, 15) is 13.2 Å². The molecule has 0 saturated carbocycles. The van der Waals surface area contributed by atoms with Gasteiger partial charge in [0.05, 0.1) is 16.9 Å². The van der Waals surface area contributed by atoms with E-state index in [4.69, 9.17) is 4.74 Å². The van der Waals surface area contributed by atoms with Gasteiger partial charge in [-0.15, -0.1) is 11.3 Å². The number of amides is 1. The normalized spacial score (nSPS) is 11.2. The molecule has 1 amide bonds. The average Bonchev–Trinajstić information content (AvgIpc) is 3.18. The van der Waals surface area contributed by atoms with Gasteiger partial charge in [-0.1, -0.05) is 29.8 Å². The number of hydrogen-bond donors (Lipinski definition) is 1. The molecule has 0 aliphatic heterocycles. The first-order valence-corrected chi connectivity index (χ1v) is 10.5. The molecular formula is C20H19NO4S2. The molecule has 0 unspecified atom stereocenters. The van der Waals surface area contributed by atoms with Gasteiger partial charge in [-0.3, -0.25) is 4.79 Å². The first-order chi connectivity index (χ1) is 12.9. The number of benzene rings is 2. The van der Waals surface area contributed by atoms with Crippen LogP contribution in [-0.2, 0) is 16.4 Å². The second-order valence-corrected chi connectivity index (χ2v) is 9.23. The fourth-order valence-electron chi connectivity index (χ4n) is 2.47. The highest BCUT2D eigenvalue weighted by Crippen LogP contribution is 2.28. The van der Waals surface area contributed by atoms with Crippen LogP contribution in [0, 0.1) is 6.92 Å². The molecular weight excluding hydrogens is 382 g/mol. The van der Waals surface area contributed by atoms with Crippen LogP contribution < -0.4 is 10.1 Å². The first kappa shape index (κ1) is 19.1. The van der Waals surface area contributed by atoms with E-state index in [2.05, 4.69) is 5.32 Å². The quantitative estimate of drug-likeness (QED) is 0.681. The van der Waals surface area contributed by atoms with Crippen molar-refractivity contribution in [3.8, 4) is 5.75 Å². The topological polar surface area (TPSA) is 72.5 Å². The second-order valence-electron chi connectivity index (χ2n) is 5.97. The predicted molar refractivity (Wildman–Crippen MR) is 105 cm³/mol. The maximum atomic E-state index is 12.7. The fourth-order valence-corrected chi connectivity index (χ4v) is 5.10. The van der Waals surface area contributed by atoms with Crippen molar-refractivity contribution in [2.45, 2.75) is 22.6 Å². The Hall–Kier alpha value is -2.64. The summed E-state index contributed by atoms with van der Waals surface area (Å²) < 4.78 is 30.7. The number of rotatable bonds is 6. The van der Waals surface area contributed by atoms with Crippen molar-refractivity contribution in [1.82, 2.24) is 5.32 Å². The van der Waals surface area contributed by atoms with Crippen LogP contribution in [0.3, 0.4) is 0 Å². The van der Waals surface area contributed by atoms with Crippen LogP contribution in [-0.4, -0.2) is 21.4 Å². The molecule has 5 nitrogen and oxygen atoms in total. The average molecular weight is 402 g/mol. The number of carbonyl (C=O) groups is 1. The summed E-state index contributed by atoms with van der Waals surface area (Å²) in [6.45, 7) is 2.22. The maximum absolute atomic E-state index is 12.7. The molecule has 0 aliphatic rings. The third-order valence-electron chi connectivity index (χ3n) is 3.99. The molecule has 1 heterocycles. The highest BCUT2D eigenvalue weighted by molar-refractivity contribution is 7.93. The number of hydrogen-bond acceptors (Lipinski definition) is 5. The minimum atomic E-state index is -3.62. The summed E-state index contributed by atoms with van der Waals surface area (Å²) in [7, 11) is -2.04. The Bertz CT molecular complexity index is 1050. The van der Waals surface area contributed by atoms with Gasteiger partial charge in [0.25, 0.3) is 5.91 Å². The molecule has 0 bridgehead atoms. The van der Waals surface area contributed by atoms with Gasteiger partial charge >= 0.3 is 0 Å². The van der Waals surface area contributed by atoms with Gasteiger partial charge in [0.2, 0.25) is 9.84 Å². The summed E-state index contributed by atoms with van der Waals surface area (Å²) in [4.78, 5) is 12.9. The van der Waals surface area contributed by atoms with Gasteiger partial charge in [0.15, 0.2) is 0 Å². The van der Waals surface area contributed by atoms with Crippen molar-refractivity contribution in [3.63, 3.8) is 0 Å². The molecule has 0 aliphatic carbocycles. The summed E-state index contributed by atoms with van der Waals surface area (Å²) >= 11 is 0.965. The largest absolute Gasteiger partial charge is 0.497 e. The Morgan fingerprint density at radius 1 is 1.07 bits per heavy atom. The van der Waals surface area contributed by atoms with Crippen LogP contribution in [0.25, 0.3) is 0 Å². The number of aryl methyl sites for hydroxylation is 1. The Morgan fingerprint density at radius 3 is 2.52 bits per heavy atom. The third kappa shape index (κ3) is 4.37. The van der Waals surface area contributed by atoms with Crippen molar-refractivity contribution in [2.75, 3.05) is 7.11 Å². The van der Waals surface area contributed by atoms with Crippen LogP contribution in [0.4, 0.5) is 0 Å². The third-order valence-corrected chi connectivity index (χ3v) is 7.33. The molecule has 3 aromatic rings. The van der Waals surface area contributed by atoms with Crippen molar-refractivity contribution in [3.05, 3.63) is 76.7 Å². The summed E-state index contributed by atoms with van der Waals surface area (Å²) in [5.41, 5.74) is 1.88. The highest BCUT2D eigenvalue weighted by Gasteiger charge is 2.21. The van der Waals surface area contributed by atoms with Gasteiger partial charge in [-0.05, 0) is 48.9 Å². The van der Waals surface area contributed by atoms with Crippen LogP contribution in [0.5, 0.6) is 5.75 Å². The molecule has 3 rings (SSSR count). The molecule has 2 aromatic carbocycles. The van der Waals surface area contributed by atoms with Gasteiger partial charge in [0.1, 0.15) is 9.96 Å². The van der Waals surface area contributed by atoms with Gasteiger partial charge in [-0.2, -0.15) is 0 Å². The van der Waals surface area contributed by atoms with Crippen molar-refractivity contribution in [2.24, 2.45) is 0 Å². The first-order valence-electron chi connectivity index (χ1n) is 8.23. The smallest absolute Gasteiger partial charge is 0.261 e. The summed E-state index contributed by atoms with van der Waals surface area (Å²) in [5, 5.41) is 2.80. The van der Waals surface area contributed by atoms with Gasteiger partial charge in [0, 0.05) is 6.54 Å². The lowest BCUT2D eigenvalue weighted by molar-refractivity contribution is 0.0955. The highest BCUT2D eigenvalue weighted by atomic mass is 32.2. The Labute approximate surface area is 162 Å². The molecule has 0 fully saturated rings. The minimum Gasteiger partial charge on any atom is -0.497 e. The number of nitrogens with one attached hydrogen (secondary N) is 1. The van der Waals surface area contributed by atoms with Crippen molar-refractivity contribution < 1.29 is 17.9 Å². The molecule has 0 saturated heterocycles. The lowest BCUT2D eigenvalue weighted by Crippen LogP contribution is -2.21. The Kier molecular flexibility index (Phi) is 5.62. The van der Waals surface area contributed by atoms with Crippen LogP contribution in [0.1, 0.15) is 20.8 Å². The van der Waals surface area contributed by atoms with E-state index in [-0.39, 0.29) is 15.0 Å². The number of thiophene rings is 1. The van der Waals surface area contributed by atoms with E-state index in [1.807, 2.05) is 31.2 Å². The van der Waals surface area contributed by atoms with E-state index < -0.39 is 9.84 Å². The molecule has 0 spiro atoms. The maximum Gasteiger partial charge on any atom is 0.261 e.